The molecule has 1 aliphatic rings. The number of hydrogen-bond acceptors (Lipinski definition) is 4. The van der Waals surface area contributed by atoms with Crippen molar-refractivity contribution in [3.8, 4) is 0 Å². The van der Waals surface area contributed by atoms with Gasteiger partial charge in [-0.25, -0.2) is 0 Å². The van der Waals surface area contributed by atoms with Gasteiger partial charge in [-0.15, -0.1) is 0 Å². The van der Waals surface area contributed by atoms with E-state index >= 15 is 0 Å². The third-order valence-corrected chi connectivity index (χ3v) is 4.83. The van der Waals surface area contributed by atoms with Gasteiger partial charge < -0.3 is 21.7 Å². The number of benzene rings is 1. The number of nitrogens with one attached hydrogen (secondary N) is 3. The third kappa shape index (κ3) is 6.67. The molecule has 0 unspecified atom stereocenters. The first-order chi connectivity index (χ1) is 12.9. The number of anilines is 2. The van der Waals surface area contributed by atoms with Gasteiger partial charge in [-0.2, -0.15) is 0 Å². The van der Waals surface area contributed by atoms with Gasteiger partial charge in [0.15, 0.2) is 0 Å². The number of rotatable bonds is 7. The van der Waals surface area contributed by atoms with Gasteiger partial charge in [0.25, 0.3) is 0 Å². The van der Waals surface area contributed by atoms with Crippen molar-refractivity contribution < 1.29 is 14.4 Å². The number of carbonyl (C=O) groups excluding carboxylic acids is 3. The lowest BCUT2D eigenvalue weighted by Gasteiger charge is -2.21. The summed E-state index contributed by atoms with van der Waals surface area (Å²) in [4.78, 5) is 36.2. The highest BCUT2D eigenvalue weighted by atomic mass is 16.2. The predicted octanol–water partition coefficient (Wildman–Crippen LogP) is 2.24. The Hall–Kier alpha value is -2.41. The third-order valence-electron chi connectivity index (χ3n) is 4.83. The fraction of sp³-hybridized carbons (Fsp3) is 0.550. The highest BCUT2D eigenvalue weighted by molar-refractivity contribution is 5.97. The smallest absolute Gasteiger partial charge is 0.243 e. The molecule has 3 amide bonds. The maximum atomic E-state index is 12.3. The van der Waals surface area contributed by atoms with Crippen molar-refractivity contribution in [3.05, 3.63) is 24.3 Å². The van der Waals surface area contributed by atoms with E-state index in [2.05, 4.69) is 16.0 Å². The van der Waals surface area contributed by atoms with E-state index in [4.69, 9.17) is 5.73 Å². The Morgan fingerprint density at radius 2 is 1.70 bits per heavy atom. The molecular formula is C20H30N4O3. The molecule has 0 spiro atoms. The van der Waals surface area contributed by atoms with Crippen molar-refractivity contribution in [2.45, 2.75) is 52.0 Å². The standard InChI is InChI=1S/C20H30N4O3/c1-13(2)18(21)20(27)22-12-17(25)23-15-9-6-10-16(11-15)24-19(26)14-7-4-3-5-8-14/h6,9-11,13-14,18H,3-5,7-8,12,21H2,1-2H3,(H,22,27)(H,23,25)(H,24,26)/t18-/m0/s1. The molecule has 0 bridgehead atoms. The molecule has 0 heterocycles. The van der Waals surface area contributed by atoms with Crippen molar-refractivity contribution >= 4 is 29.1 Å². The predicted molar refractivity (Wildman–Crippen MR) is 106 cm³/mol. The van der Waals surface area contributed by atoms with E-state index in [1.54, 1.807) is 24.3 Å². The minimum absolute atomic E-state index is 0.00230. The van der Waals surface area contributed by atoms with Crippen LogP contribution in [0.2, 0.25) is 0 Å². The quantitative estimate of drug-likeness (QED) is 0.586. The average molecular weight is 374 g/mol. The Bertz CT molecular complexity index is 669. The molecule has 1 fully saturated rings. The van der Waals surface area contributed by atoms with Gasteiger partial charge in [0, 0.05) is 17.3 Å². The van der Waals surface area contributed by atoms with Crippen LogP contribution in [0.3, 0.4) is 0 Å². The monoisotopic (exact) mass is 374 g/mol. The summed E-state index contributed by atoms with van der Waals surface area (Å²) >= 11 is 0. The number of hydrogen-bond donors (Lipinski definition) is 4. The second-order valence-electron chi connectivity index (χ2n) is 7.44. The lowest BCUT2D eigenvalue weighted by molar-refractivity contribution is -0.125. The summed E-state index contributed by atoms with van der Waals surface area (Å²) in [5.41, 5.74) is 6.95. The van der Waals surface area contributed by atoms with Gasteiger partial charge in [-0.1, -0.05) is 39.2 Å². The van der Waals surface area contributed by atoms with Crippen LogP contribution < -0.4 is 21.7 Å². The first-order valence-corrected chi connectivity index (χ1v) is 9.61. The van der Waals surface area contributed by atoms with Crippen LogP contribution in [0.4, 0.5) is 11.4 Å². The normalized spacial score (nSPS) is 15.9. The molecule has 5 N–H and O–H groups in total. The van der Waals surface area contributed by atoms with E-state index in [0.717, 1.165) is 25.7 Å². The molecule has 0 aliphatic heterocycles. The van der Waals surface area contributed by atoms with Crippen molar-refractivity contribution in [1.29, 1.82) is 0 Å². The summed E-state index contributed by atoms with van der Waals surface area (Å²) in [6, 6.07) is 6.35. The van der Waals surface area contributed by atoms with Gasteiger partial charge in [-0.05, 0) is 37.0 Å². The Kier molecular flexibility index (Phi) is 7.79. The van der Waals surface area contributed by atoms with Crippen molar-refractivity contribution in [2.75, 3.05) is 17.2 Å². The summed E-state index contributed by atoms with van der Waals surface area (Å²) in [6.45, 7) is 3.53. The maximum Gasteiger partial charge on any atom is 0.243 e. The van der Waals surface area contributed by atoms with Gasteiger partial charge in [0.2, 0.25) is 17.7 Å². The van der Waals surface area contributed by atoms with Crippen molar-refractivity contribution in [1.82, 2.24) is 5.32 Å². The van der Waals surface area contributed by atoms with Crippen LogP contribution in [0.25, 0.3) is 0 Å². The molecule has 0 saturated heterocycles. The minimum atomic E-state index is -0.642. The van der Waals surface area contributed by atoms with Crippen LogP contribution in [-0.2, 0) is 14.4 Å². The largest absolute Gasteiger partial charge is 0.346 e. The van der Waals surface area contributed by atoms with E-state index in [9.17, 15) is 14.4 Å². The van der Waals surface area contributed by atoms with Crippen molar-refractivity contribution in [3.63, 3.8) is 0 Å². The second kappa shape index (κ2) is 10.1. The van der Waals surface area contributed by atoms with E-state index in [1.165, 1.54) is 6.42 Å². The van der Waals surface area contributed by atoms with E-state index < -0.39 is 6.04 Å². The first-order valence-electron chi connectivity index (χ1n) is 9.61. The number of amides is 3. The summed E-state index contributed by atoms with van der Waals surface area (Å²) in [5, 5.41) is 8.17. The summed E-state index contributed by atoms with van der Waals surface area (Å²) in [5.74, 6) is -0.605. The van der Waals surface area contributed by atoms with Gasteiger partial charge in [0.05, 0.1) is 12.6 Å². The fourth-order valence-corrected chi connectivity index (χ4v) is 3.08. The Labute approximate surface area is 160 Å². The molecular weight excluding hydrogens is 344 g/mol. The minimum Gasteiger partial charge on any atom is -0.346 e. The summed E-state index contributed by atoms with van der Waals surface area (Å²) < 4.78 is 0. The first kappa shape index (κ1) is 20.9. The topological polar surface area (TPSA) is 113 Å². The highest BCUT2D eigenvalue weighted by Gasteiger charge is 2.21. The summed E-state index contributed by atoms with van der Waals surface area (Å²) in [7, 11) is 0. The zero-order chi connectivity index (χ0) is 19.8. The molecule has 1 aliphatic carbocycles. The second-order valence-corrected chi connectivity index (χ2v) is 7.44. The molecule has 7 nitrogen and oxygen atoms in total. The number of carbonyl (C=O) groups is 3. The molecule has 2 rings (SSSR count). The van der Waals surface area contributed by atoms with Crippen LogP contribution in [0, 0.1) is 11.8 Å². The van der Waals surface area contributed by atoms with Crippen LogP contribution in [-0.4, -0.2) is 30.3 Å². The van der Waals surface area contributed by atoms with Gasteiger partial charge in [-0.3, -0.25) is 14.4 Å². The lowest BCUT2D eigenvalue weighted by Crippen LogP contribution is -2.46. The SMILES string of the molecule is CC(C)[C@H](N)C(=O)NCC(=O)Nc1cccc(NC(=O)C2CCCCC2)c1. The molecule has 1 saturated carbocycles. The Morgan fingerprint density at radius 1 is 1.07 bits per heavy atom. The average Bonchev–Trinajstić information content (AvgIpc) is 2.66. The molecule has 1 aromatic carbocycles. The zero-order valence-corrected chi connectivity index (χ0v) is 16.1. The number of nitrogens with two attached hydrogens (primary N) is 1. The molecule has 7 heteroatoms. The van der Waals surface area contributed by atoms with Crippen LogP contribution in [0.5, 0.6) is 0 Å². The van der Waals surface area contributed by atoms with E-state index in [0.29, 0.717) is 11.4 Å². The molecule has 1 aromatic rings. The van der Waals surface area contributed by atoms with Gasteiger partial charge >= 0.3 is 0 Å². The molecule has 0 radical (unpaired) electrons. The van der Waals surface area contributed by atoms with E-state index in [-0.39, 0.29) is 36.1 Å². The summed E-state index contributed by atoms with van der Waals surface area (Å²) in [6.07, 6.45) is 5.26. The lowest BCUT2D eigenvalue weighted by atomic mass is 9.88. The van der Waals surface area contributed by atoms with E-state index in [1.807, 2.05) is 13.8 Å². The zero-order valence-electron chi connectivity index (χ0n) is 16.1. The van der Waals surface area contributed by atoms with Crippen LogP contribution in [0.1, 0.15) is 46.0 Å². The molecule has 0 aromatic heterocycles. The molecule has 1 atom stereocenters. The Morgan fingerprint density at radius 3 is 2.33 bits per heavy atom. The van der Waals surface area contributed by atoms with Crippen molar-refractivity contribution in [2.24, 2.45) is 17.6 Å². The molecule has 148 valence electrons. The maximum absolute atomic E-state index is 12.3. The Balaban J connectivity index is 1.84. The van der Waals surface area contributed by atoms with Crippen LogP contribution in [0.15, 0.2) is 24.3 Å². The highest BCUT2D eigenvalue weighted by Crippen LogP contribution is 2.25. The molecule has 27 heavy (non-hydrogen) atoms. The van der Waals surface area contributed by atoms with Gasteiger partial charge in [0.1, 0.15) is 0 Å². The fourth-order valence-electron chi connectivity index (χ4n) is 3.08. The van der Waals surface area contributed by atoms with Crippen LogP contribution >= 0.6 is 0 Å².